The lowest BCUT2D eigenvalue weighted by molar-refractivity contribution is -0.137. The minimum Gasteiger partial charge on any atom is -0.481 e. The lowest BCUT2D eigenvalue weighted by Crippen LogP contribution is -2.38. The first-order chi connectivity index (χ1) is 18.5. The molecule has 1 aliphatic heterocycles. The summed E-state index contributed by atoms with van der Waals surface area (Å²) in [6, 6.07) is 9.36. The second kappa shape index (κ2) is 11.3. The number of aromatic nitrogens is 3. The Bertz CT molecular complexity index is 1360. The molecule has 0 atom stereocenters. The van der Waals surface area contributed by atoms with Gasteiger partial charge in [0.15, 0.2) is 0 Å². The summed E-state index contributed by atoms with van der Waals surface area (Å²) >= 11 is 0. The number of halogens is 3. The Hall–Kier alpha value is -4.08. The van der Waals surface area contributed by atoms with Crippen LogP contribution in [-0.4, -0.2) is 61.7 Å². The van der Waals surface area contributed by atoms with Crippen molar-refractivity contribution in [3.05, 3.63) is 60.8 Å². The summed E-state index contributed by atoms with van der Waals surface area (Å²) in [5, 5.41) is 8.06. The number of carbonyl (C=O) groups excluding carboxylic acids is 1. The van der Waals surface area contributed by atoms with E-state index in [1.165, 1.54) is 25.3 Å². The van der Waals surface area contributed by atoms with Gasteiger partial charge in [0.1, 0.15) is 17.2 Å². The molecular weight excluding hydrogens is 539 g/mol. The molecule has 0 saturated carbocycles. The van der Waals surface area contributed by atoms with Gasteiger partial charge in [-0.05, 0) is 18.2 Å². The van der Waals surface area contributed by atoms with E-state index in [0.717, 1.165) is 6.08 Å². The number of hydrogen-bond acceptors (Lipinski definition) is 10. The number of rotatable bonds is 8. The second-order valence-corrected chi connectivity index (χ2v) is 10.8. The lowest BCUT2D eigenvalue weighted by atomic mass is 10.2. The number of carbonyl (C=O) groups is 1. The second-order valence-electron chi connectivity index (χ2n) is 8.40. The van der Waals surface area contributed by atoms with Crippen LogP contribution in [0.4, 0.5) is 47.8 Å². The van der Waals surface area contributed by atoms with E-state index in [-0.39, 0.29) is 34.7 Å². The van der Waals surface area contributed by atoms with Crippen LogP contribution in [0.25, 0.3) is 0 Å². The van der Waals surface area contributed by atoms with E-state index in [1.54, 1.807) is 18.2 Å². The van der Waals surface area contributed by atoms with Crippen LogP contribution >= 0.6 is 10.6 Å². The summed E-state index contributed by atoms with van der Waals surface area (Å²) in [5.41, 5.74) is -0.325. The van der Waals surface area contributed by atoms with Crippen LogP contribution in [0.1, 0.15) is 5.56 Å². The Morgan fingerprint density at radius 1 is 1.13 bits per heavy atom. The molecule has 0 spiro atoms. The van der Waals surface area contributed by atoms with Crippen molar-refractivity contribution in [2.75, 3.05) is 52.6 Å². The van der Waals surface area contributed by atoms with E-state index in [9.17, 15) is 27.1 Å². The van der Waals surface area contributed by atoms with Gasteiger partial charge in [0.25, 0.3) is 0 Å². The van der Waals surface area contributed by atoms with Gasteiger partial charge in [-0.15, -0.1) is 0 Å². The van der Waals surface area contributed by atoms with Crippen molar-refractivity contribution in [1.82, 2.24) is 15.0 Å². The van der Waals surface area contributed by atoms with Gasteiger partial charge >= 0.3 is 6.18 Å². The maximum atomic E-state index is 13.8. The highest BCUT2D eigenvalue weighted by atomic mass is 32.3. The van der Waals surface area contributed by atoms with Crippen molar-refractivity contribution in [2.45, 2.75) is 6.18 Å². The summed E-state index contributed by atoms with van der Waals surface area (Å²) in [5.74, 6) is -0.131. The Morgan fingerprint density at radius 3 is 2.46 bits per heavy atom. The topological polar surface area (TPSA) is 145 Å². The number of ether oxygens (including phenoxy) is 1. The van der Waals surface area contributed by atoms with Crippen molar-refractivity contribution >= 4 is 51.1 Å². The third-order valence-electron chi connectivity index (χ3n) is 5.67. The normalized spacial score (nSPS) is 15.7. The molecule has 1 aliphatic rings. The number of benzene rings is 1. The smallest absolute Gasteiger partial charge is 0.421 e. The summed E-state index contributed by atoms with van der Waals surface area (Å²) in [6.45, 7) is 4.09. The van der Waals surface area contributed by atoms with Crippen LogP contribution < -0.4 is 25.6 Å². The fourth-order valence-corrected chi connectivity index (χ4v) is 4.90. The van der Waals surface area contributed by atoms with Crippen LogP contribution in [0.15, 0.2) is 55.3 Å². The molecular formula is C24H26F3N7O4S. The van der Waals surface area contributed by atoms with Gasteiger partial charge in [0.05, 0.1) is 30.0 Å². The highest BCUT2D eigenvalue weighted by molar-refractivity contribution is 8.24. The van der Waals surface area contributed by atoms with Gasteiger partial charge in [-0.25, -0.2) is 4.98 Å². The van der Waals surface area contributed by atoms with Gasteiger partial charge < -0.3 is 25.6 Å². The van der Waals surface area contributed by atoms with Crippen molar-refractivity contribution < 1.29 is 31.8 Å². The first-order valence-electron chi connectivity index (χ1n) is 11.5. The first-order valence-corrected chi connectivity index (χ1v) is 13.4. The third kappa shape index (κ3) is 7.07. The monoisotopic (exact) mass is 565 g/mol. The van der Waals surface area contributed by atoms with E-state index in [1.807, 2.05) is 4.90 Å². The van der Waals surface area contributed by atoms with E-state index in [0.29, 0.717) is 30.8 Å². The average molecular weight is 566 g/mol. The predicted octanol–water partition coefficient (Wildman–Crippen LogP) is 5.08. The molecule has 0 aliphatic carbocycles. The number of nitrogens with one attached hydrogen (secondary N) is 3. The van der Waals surface area contributed by atoms with E-state index < -0.39 is 34.1 Å². The standard InChI is InChI=1S/C24H26F3N7O4S/c1-3-20(35)30-17-6-4-5-7-18(17)31-22-16(24(25,26)27)14-28-23(33-22)29-15-12-19(32-21(13-15)38-2)34-8-10-39(36,37)11-9-34/h3-7,12-14,36-37H,1,8-11H2,2H3,(H,30,35)(H2,28,29,31,32,33). The number of pyridine rings is 1. The molecule has 39 heavy (non-hydrogen) atoms. The maximum Gasteiger partial charge on any atom is 0.421 e. The van der Waals surface area contributed by atoms with Gasteiger partial charge in [-0.1, -0.05) is 18.7 Å². The SMILES string of the molecule is C=CC(=O)Nc1ccccc1Nc1nc(Nc2cc(OC)nc(N3CCS(O)(O)CC3)c2)ncc1C(F)(F)F. The Balaban J connectivity index is 1.65. The average Bonchev–Trinajstić information content (AvgIpc) is 2.89. The molecule has 208 valence electrons. The zero-order chi connectivity index (χ0) is 28.2. The first kappa shape index (κ1) is 27.9. The van der Waals surface area contributed by atoms with E-state index in [4.69, 9.17) is 4.74 Å². The Kier molecular flexibility index (Phi) is 8.13. The molecule has 11 nitrogen and oxygen atoms in total. The highest BCUT2D eigenvalue weighted by Crippen LogP contribution is 2.41. The molecule has 1 saturated heterocycles. The van der Waals surface area contributed by atoms with Crippen LogP contribution in [0.5, 0.6) is 5.88 Å². The lowest BCUT2D eigenvalue weighted by Gasteiger charge is -2.41. The number of hydrogen-bond donors (Lipinski definition) is 5. The summed E-state index contributed by atoms with van der Waals surface area (Å²) in [6.07, 6.45) is -3.08. The number of methoxy groups -OCH3 is 1. The molecule has 2 aromatic heterocycles. The number of nitrogens with zero attached hydrogens (tertiary/aromatic N) is 4. The minimum atomic E-state index is -4.77. The Labute approximate surface area is 223 Å². The van der Waals surface area contributed by atoms with E-state index >= 15 is 0 Å². The van der Waals surface area contributed by atoms with Gasteiger partial charge in [0, 0.05) is 37.1 Å². The van der Waals surface area contributed by atoms with E-state index in [2.05, 4.69) is 37.5 Å². The van der Waals surface area contributed by atoms with Gasteiger partial charge in [-0.2, -0.15) is 33.7 Å². The summed E-state index contributed by atoms with van der Waals surface area (Å²) < 4.78 is 66.5. The molecule has 3 heterocycles. The molecule has 1 amide bonds. The Morgan fingerprint density at radius 2 is 1.82 bits per heavy atom. The zero-order valence-electron chi connectivity index (χ0n) is 20.7. The van der Waals surface area contributed by atoms with Crippen LogP contribution in [0.3, 0.4) is 0 Å². The molecule has 5 N–H and O–H groups in total. The molecule has 4 rings (SSSR count). The number of para-hydroxylation sites is 2. The van der Waals surface area contributed by atoms with Crippen molar-refractivity contribution in [1.29, 1.82) is 0 Å². The van der Waals surface area contributed by atoms with Crippen molar-refractivity contribution in [2.24, 2.45) is 0 Å². The molecule has 0 bridgehead atoms. The van der Waals surface area contributed by atoms with Gasteiger partial charge in [0.2, 0.25) is 17.7 Å². The van der Waals surface area contributed by atoms with Crippen molar-refractivity contribution in [3.63, 3.8) is 0 Å². The quantitative estimate of drug-likeness (QED) is 0.235. The fraction of sp³-hybridized carbons (Fsp3) is 0.250. The fourth-order valence-electron chi connectivity index (χ4n) is 3.67. The van der Waals surface area contributed by atoms with Crippen molar-refractivity contribution in [3.8, 4) is 5.88 Å². The summed E-state index contributed by atoms with van der Waals surface area (Å²) in [7, 11) is -1.20. The minimum absolute atomic E-state index is 0.148. The highest BCUT2D eigenvalue weighted by Gasteiger charge is 2.35. The van der Waals surface area contributed by atoms with Crippen LogP contribution in [0.2, 0.25) is 0 Å². The molecule has 1 fully saturated rings. The number of amides is 1. The molecule has 0 unspecified atom stereocenters. The third-order valence-corrected chi connectivity index (χ3v) is 7.34. The molecule has 0 radical (unpaired) electrons. The molecule has 3 aromatic rings. The maximum absolute atomic E-state index is 13.8. The van der Waals surface area contributed by atoms with Crippen LogP contribution in [0, 0.1) is 0 Å². The van der Waals surface area contributed by atoms with Crippen LogP contribution in [-0.2, 0) is 11.0 Å². The van der Waals surface area contributed by atoms with Gasteiger partial charge in [-0.3, -0.25) is 13.9 Å². The molecule has 15 heteroatoms. The zero-order valence-corrected chi connectivity index (χ0v) is 21.5. The largest absolute Gasteiger partial charge is 0.481 e. The predicted molar refractivity (Wildman–Crippen MR) is 144 cm³/mol. The number of alkyl halides is 3. The summed E-state index contributed by atoms with van der Waals surface area (Å²) in [4.78, 5) is 25.9. The molecule has 1 aromatic carbocycles. The number of anilines is 6.